The molecule has 0 heterocycles. The van der Waals surface area contributed by atoms with Crippen LogP contribution >= 0.6 is 0 Å². The number of nitro benzene ring substituents is 1. The molecule has 2 atom stereocenters. The summed E-state index contributed by atoms with van der Waals surface area (Å²) in [5, 5.41) is 14.3. The maximum absolute atomic E-state index is 12.4. The van der Waals surface area contributed by atoms with Gasteiger partial charge in [0.1, 0.15) is 5.78 Å². The van der Waals surface area contributed by atoms with E-state index in [1.807, 2.05) is 30.3 Å². The Bertz CT molecular complexity index is 713. The summed E-state index contributed by atoms with van der Waals surface area (Å²) in [4.78, 5) is 22.9. The molecule has 0 bridgehead atoms. The fourth-order valence-electron chi connectivity index (χ4n) is 3.30. The third-order valence-electron chi connectivity index (χ3n) is 4.56. The average molecular weight is 324 g/mol. The highest BCUT2D eigenvalue weighted by atomic mass is 16.6. The number of nitro groups is 1. The van der Waals surface area contributed by atoms with Gasteiger partial charge in [-0.1, -0.05) is 36.8 Å². The number of rotatable bonds is 5. The minimum absolute atomic E-state index is 0.0622. The highest BCUT2D eigenvalue weighted by Gasteiger charge is 2.31. The monoisotopic (exact) mass is 324 g/mol. The molecular weight excluding hydrogens is 304 g/mol. The van der Waals surface area contributed by atoms with Crippen molar-refractivity contribution in [2.24, 2.45) is 5.92 Å². The van der Waals surface area contributed by atoms with E-state index in [4.69, 9.17) is 0 Å². The van der Waals surface area contributed by atoms with Gasteiger partial charge >= 0.3 is 0 Å². The zero-order valence-electron chi connectivity index (χ0n) is 13.4. The lowest BCUT2D eigenvalue weighted by Crippen LogP contribution is -2.30. The number of non-ortho nitro benzene ring substituents is 1. The summed E-state index contributed by atoms with van der Waals surface area (Å²) in [5.41, 5.74) is 1.91. The first-order valence-corrected chi connectivity index (χ1v) is 8.24. The molecule has 1 aliphatic rings. The number of carbonyl (C=O) groups is 1. The number of hydrogen-bond donors (Lipinski definition) is 1. The number of anilines is 1. The third-order valence-corrected chi connectivity index (χ3v) is 4.56. The van der Waals surface area contributed by atoms with E-state index >= 15 is 0 Å². The molecule has 5 heteroatoms. The van der Waals surface area contributed by atoms with E-state index in [9.17, 15) is 14.9 Å². The van der Waals surface area contributed by atoms with E-state index in [0.717, 1.165) is 30.5 Å². The first kappa shape index (κ1) is 16.2. The summed E-state index contributed by atoms with van der Waals surface area (Å²) in [6.07, 6.45) is 3.45. The van der Waals surface area contributed by atoms with Gasteiger partial charge in [-0.2, -0.15) is 0 Å². The Hall–Kier alpha value is -2.69. The summed E-state index contributed by atoms with van der Waals surface area (Å²) in [6.45, 7) is 0. The summed E-state index contributed by atoms with van der Waals surface area (Å²) in [5.74, 6) is 0.174. The Labute approximate surface area is 140 Å². The third kappa shape index (κ3) is 3.62. The van der Waals surface area contributed by atoms with Crippen LogP contribution in [0.4, 0.5) is 11.4 Å². The van der Waals surface area contributed by atoms with Crippen molar-refractivity contribution >= 4 is 17.2 Å². The number of nitrogens with zero attached hydrogens (tertiary/aromatic N) is 1. The van der Waals surface area contributed by atoms with Crippen LogP contribution in [0.15, 0.2) is 54.6 Å². The molecule has 2 aromatic carbocycles. The minimum atomic E-state index is -0.408. The average Bonchev–Trinajstić information content (AvgIpc) is 2.61. The number of carbonyl (C=O) groups excluding carboxylic acids is 1. The highest BCUT2D eigenvalue weighted by Crippen LogP contribution is 2.35. The lowest BCUT2D eigenvalue weighted by Gasteiger charge is -2.31. The molecular formula is C19H20N2O3. The van der Waals surface area contributed by atoms with Crippen LogP contribution in [0, 0.1) is 16.0 Å². The molecule has 0 unspecified atom stereocenters. The summed E-state index contributed by atoms with van der Waals surface area (Å²) >= 11 is 0. The Morgan fingerprint density at radius 1 is 1.04 bits per heavy atom. The van der Waals surface area contributed by atoms with Crippen LogP contribution in [-0.4, -0.2) is 10.7 Å². The molecule has 24 heavy (non-hydrogen) atoms. The van der Waals surface area contributed by atoms with E-state index in [2.05, 4.69) is 5.32 Å². The highest BCUT2D eigenvalue weighted by molar-refractivity contribution is 5.83. The lowest BCUT2D eigenvalue weighted by molar-refractivity contribution is -0.384. The molecule has 1 saturated carbocycles. The van der Waals surface area contributed by atoms with Crippen molar-refractivity contribution in [3.8, 4) is 0 Å². The first-order valence-electron chi connectivity index (χ1n) is 8.24. The normalized spacial score (nSPS) is 18.8. The maximum Gasteiger partial charge on any atom is 0.269 e. The minimum Gasteiger partial charge on any atom is -0.378 e. The van der Waals surface area contributed by atoms with Crippen LogP contribution in [0.5, 0.6) is 0 Å². The van der Waals surface area contributed by atoms with Crippen LogP contribution in [0.3, 0.4) is 0 Å². The molecule has 124 valence electrons. The molecule has 3 rings (SSSR count). The van der Waals surface area contributed by atoms with Gasteiger partial charge in [0.2, 0.25) is 0 Å². The molecule has 0 aliphatic heterocycles. The van der Waals surface area contributed by atoms with Crippen molar-refractivity contribution in [2.75, 3.05) is 5.32 Å². The van der Waals surface area contributed by atoms with Gasteiger partial charge in [-0.15, -0.1) is 0 Å². The summed E-state index contributed by atoms with van der Waals surface area (Å²) in [6, 6.07) is 16.1. The fraction of sp³-hybridized carbons (Fsp3) is 0.316. The molecule has 0 spiro atoms. The number of ketones is 1. The molecule has 1 aliphatic carbocycles. The van der Waals surface area contributed by atoms with Gasteiger partial charge in [0, 0.05) is 30.2 Å². The van der Waals surface area contributed by atoms with Gasteiger partial charge in [-0.3, -0.25) is 14.9 Å². The smallest absolute Gasteiger partial charge is 0.269 e. The topological polar surface area (TPSA) is 72.2 Å². The molecule has 5 nitrogen and oxygen atoms in total. The largest absolute Gasteiger partial charge is 0.378 e. The standard InChI is InChI=1S/C19H20N2O3/c22-18-9-5-4-8-17(18)19(20-15-6-2-1-3-7-15)14-10-12-16(13-11-14)21(23)24/h1-3,6-7,10-13,17,19-20H,4-5,8-9H2/t17-,19-/m0/s1. The second-order valence-corrected chi connectivity index (χ2v) is 6.16. The molecule has 0 saturated heterocycles. The molecule has 0 aromatic heterocycles. The van der Waals surface area contributed by atoms with Crippen molar-refractivity contribution in [1.82, 2.24) is 0 Å². The van der Waals surface area contributed by atoms with Crippen LogP contribution in [0.25, 0.3) is 0 Å². The number of nitrogens with one attached hydrogen (secondary N) is 1. The van der Waals surface area contributed by atoms with E-state index in [0.29, 0.717) is 6.42 Å². The van der Waals surface area contributed by atoms with Crippen LogP contribution in [-0.2, 0) is 4.79 Å². The van der Waals surface area contributed by atoms with E-state index in [-0.39, 0.29) is 23.4 Å². The van der Waals surface area contributed by atoms with Crippen LogP contribution in [0.1, 0.15) is 37.3 Å². The van der Waals surface area contributed by atoms with Crippen molar-refractivity contribution in [3.63, 3.8) is 0 Å². The lowest BCUT2D eigenvalue weighted by atomic mass is 9.80. The van der Waals surface area contributed by atoms with Gasteiger partial charge in [-0.25, -0.2) is 0 Å². The zero-order valence-corrected chi connectivity index (χ0v) is 13.4. The second-order valence-electron chi connectivity index (χ2n) is 6.16. The SMILES string of the molecule is O=C1CCCC[C@@H]1[C@@H](Nc1ccccc1)c1ccc([N+](=O)[O-])cc1. The molecule has 2 aromatic rings. The number of Topliss-reactive ketones (excluding diaryl/α,β-unsaturated/α-hetero) is 1. The quantitative estimate of drug-likeness (QED) is 0.649. The molecule has 1 N–H and O–H groups in total. The number of para-hydroxylation sites is 1. The van der Waals surface area contributed by atoms with Gasteiger partial charge in [0.15, 0.2) is 0 Å². The molecule has 0 amide bonds. The van der Waals surface area contributed by atoms with E-state index in [1.54, 1.807) is 12.1 Å². The number of benzene rings is 2. The van der Waals surface area contributed by atoms with Gasteiger partial charge in [0.25, 0.3) is 5.69 Å². The maximum atomic E-state index is 12.4. The van der Waals surface area contributed by atoms with Gasteiger partial charge in [-0.05, 0) is 30.5 Å². The Balaban J connectivity index is 1.91. The van der Waals surface area contributed by atoms with Crippen molar-refractivity contribution in [1.29, 1.82) is 0 Å². The summed E-state index contributed by atoms with van der Waals surface area (Å²) < 4.78 is 0. The number of hydrogen-bond acceptors (Lipinski definition) is 4. The van der Waals surface area contributed by atoms with Crippen molar-refractivity contribution in [2.45, 2.75) is 31.7 Å². The predicted molar refractivity (Wildman–Crippen MR) is 92.9 cm³/mol. The summed E-state index contributed by atoms with van der Waals surface area (Å²) in [7, 11) is 0. The Kier molecular flexibility index (Phi) is 4.89. The van der Waals surface area contributed by atoms with Crippen molar-refractivity contribution < 1.29 is 9.72 Å². The van der Waals surface area contributed by atoms with E-state index in [1.165, 1.54) is 12.1 Å². The van der Waals surface area contributed by atoms with Gasteiger partial charge < -0.3 is 5.32 Å². The van der Waals surface area contributed by atoms with Crippen LogP contribution < -0.4 is 5.32 Å². The Morgan fingerprint density at radius 2 is 1.75 bits per heavy atom. The van der Waals surface area contributed by atoms with Crippen molar-refractivity contribution in [3.05, 3.63) is 70.3 Å². The molecule has 0 radical (unpaired) electrons. The first-order chi connectivity index (χ1) is 11.6. The second kappa shape index (κ2) is 7.25. The zero-order chi connectivity index (χ0) is 16.9. The fourth-order valence-corrected chi connectivity index (χ4v) is 3.30. The Morgan fingerprint density at radius 3 is 2.38 bits per heavy atom. The molecule has 1 fully saturated rings. The van der Waals surface area contributed by atoms with Crippen LogP contribution in [0.2, 0.25) is 0 Å². The predicted octanol–water partition coefficient (Wildman–Crippen LogP) is 4.51. The van der Waals surface area contributed by atoms with Gasteiger partial charge in [0.05, 0.1) is 11.0 Å². The van der Waals surface area contributed by atoms with E-state index < -0.39 is 4.92 Å².